The number of halogens is 2. The second-order valence-corrected chi connectivity index (χ2v) is 4.68. The first kappa shape index (κ1) is 10.8. The maximum atomic E-state index is 13.4. The summed E-state index contributed by atoms with van der Waals surface area (Å²) >= 11 is 5.73. The molecule has 0 atom stereocenters. The third kappa shape index (κ3) is 2.20. The van der Waals surface area contributed by atoms with Crippen LogP contribution in [0.4, 0.5) is 4.39 Å². The summed E-state index contributed by atoms with van der Waals surface area (Å²) < 4.78 is 15.1. The monoisotopic (exact) mass is 250 g/mol. The van der Waals surface area contributed by atoms with Gasteiger partial charge in [-0.15, -0.1) is 11.6 Å². The molecule has 1 aromatic heterocycles. The highest BCUT2D eigenvalue weighted by atomic mass is 35.5. The van der Waals surface area contributed by atoms with Crippen LogP contribution in [0.5, 0.6) is 0 Å². The molecule has 88 valence electrons. The highest BCUT2D eigenvalue weighted by Gasteiger charge is 2.25. The summed E-state index contributed by atoms with van der Waals surface area (Å²) in [6, 6.07) is 6.78. The highest BCUT2D eigenvalue weighted by Crippen LogP contribution is 2.39. The topological polar surface area (TPSA) is 17.8 Å². The number of nitrogens with zero attached hydrogens (tertiary/aromatic N) is 2. The molecule has 17 heavy (non-hydrogen) atoms. The summed E-state index contributed by atoms with van der Waals surface area (Å²) in [6.45, 7) is 0. The number of aromatic nitrogens is 2. The molecule has 1 aromatic carbocycles. The molecule has 1 aliphatic rings. The lowest BCUT2D eigenvalue weighted by molar-refractivity contribution is 0.623. The van der Waals surface area contributed by atoms with Crippen molar-refractivity contribution in [2.45, 2.75) is 24.6 Å². The number of hydrogen-bond donors (Lipinski definition) is 0. The lowest BCUT2D eigenvalue weighted by atomic mass is 10.2. The molecule has 1 aliphatic carbocycles. The van der Waals surface area contributed by atoms with E-state index in [9.17, 15) is 4.39 Å². The normalized spacial score (nSPS) is 15.2. The van der Waals surface area contributed by atoms with Crippen molar-refractivity contribution in [1.29, 1.82) is 0 Å². The number of rotatable bonds is 3. The average molecular weight is 251 g/mol. The van der Waals surface area contributed by atoms with Crippen molar-refractivity contribution < 1.29 is 4.39 Å². The van der Waals surface area contributed by atoms with Crippen LogP contribution in [0.2, 0.25) is 0 Å². The quantitative estimate of drug-likeness (QED) is 0.761. The van der Waals surface area contributed by atoms with Gasteiger partial charge in [0.15, 0.2) is 0 Å². The first-order valence-corrected chi connectivity index (χ1v) is 6.21. The van der Waals surface area contributed by atoms with Crippen LogP contribution in [0, 0.1) is 5.82 Å². The first-order chi connectivity index (χ1) is 8.26. The zero-order valence-corrected chi connectivity index (χ0v) is 9.99. The fraction of sp³-hybridized carbons (Fsp3) is 0.308. The lowest BCUT2D eigenvalue weighted by Crippen LogP contribution is -1.98. The van der Waals surface area contributed by atoms with Crippen molar-refractivity contribution in [3.8, 4) is 5.69 Å². The standard InChI is InChI=1S/C13H12ClFN2/c14-8-9-5-11(15)7-12(6-9)17-4-3-13(16-17)10-1-2-10/h3-7,10H,1-2,8H2. The molecular formula is C13H12ClFN2. The van der Waals surface area contributed by atoms with Crippen LogP contribution in [0.15, 0.2) is 30.5 Å². The van der Waals surface area contributed by atoms with Gasteiger partial charge in [-0.1, -0.05) is 0 Å². The van der Waals surface area contributed by atoms with Gasteiger partial charge in [-0.3, -0.25) is 0 Å². The van der Waals surface area contributed by atoms with Crippen LogP contribution in [-0.4, -0.2) is 9.78 Å². The molecule has 0 N–H and O–H groups in total. The van der Waals surface area contributed by atoms with E-state index in [1.807, 2.05) is 18.3 Å². The minimum Gasteiger partial charge on any atom is -0.241 e. The second kappa shape index (κ2) is 4.15. The van der Waals surface area contributed by atoms with Gasteiger partial charge in [-0.05, 0) is 42.7 Å². The predicted octanol–water partition coefficient (Wildman–Crippen LogP) is 3.63. The van der Waals surface area contributed by atoms with E-state index >= 15 is 0 Å². The van der Waals surface area contributed by atoms with Gasteiger partial charge < -0.3 is 0 Å². The molecule has 4 heteroatoms. The van der Waals surface area contributed by atoms with Crippen LogP contribution >= 0.6 is 11.6 Å². The summed E-state index contributed by atoms with van der Waals surface area (Å²) in [6.07, 6.45) is 4.31. The van der Waals surface area contributed by atoms with Crippen LogP contribution in [0.25, 0.3) is 5.69 Å². The smallest absolute Gasteiger partial charge is 0.125 e. The molecule has 0 radical (unpaired) electrons. The molecule has 2 aromatic rings. The van der Waals surface area contributed by atoms with E-state index in [-0.39, 0.29) is 5.82 Å². The Labute approximate surface area is 104 Å². The van der Waals surface area contributed by atoms with Crippen molar-refractivity contribution in [3.05, 3.63) is 47.5 Å². The summed E-state index contributed by atoms with van der Waals surface area (Å²) in [4.78, 5) is 0. The molecule has 0 aliphatic heterocycles. The van der Waals surface area contributed by atoms with Gasteiger partial charge in [0.25, 0.3) is 0 Å². The van der Waals surface area contributed by atoms with E-state index in [4.69, 9.17) is 11.6 Å². The zero-order valence-electron chi connectivity index (χ0n) is 9.24. The average Bonchev–Trinajstić information content (AvgIpc) is 3.06. The Morgan fingerprint density at radius 2 is 2.18 bits per heavy atom. The van der Waals surface area contributed by atoms with Gasteiger partial charge in [0.2, 0.25) is 0 Å². The van der Waals surface area contributed by atoms with Gasteiger partial charge in [0.1, 0.15) is 5.82 Å². The predicted molar refractivity (Wildman–Crippen MR) is 65.1 cm³/mol. The van der Waals surface area contributed by atoms with Crippen molar-refractivity contribution in [2.75, 3.05) is 0 Å². The first-order valence-electron chi connectivity index (χ1n) is 5.67. The molecule has 1 fully saturated rings. The highest BCUT2D eigenvalue weighted by molar-refractivity contribution is 6.17. The van der Waals surface area contributed by atoms with E-state index in [1.165, 1.54) is 25.0 Å². The fourth-order valence-electron chi connectivity index (χ4n) is 1.92. The molecule has 1 saturated carbocycles. The van der Waals surface area contributed by atoms with Crippen LogP contribution in [0.3, 0.4) is 0 Å². The number of benzene rings is 1. The van der Waals surface area contributed by atoms with E-state index in [0.29, 0.717) is 11.8 Å². The third-order valence-corrected chi connectivity index (χ3v) is 3.28. The van der Waals surface area contributed by atoms with Crippen molar-refractivity contribution in [2.24, 2.45) is 0 Å². The van der Waals surface area contributed by atoms with Crippen molar-refractivity contribution in [1.82, 2.24) is 9.78 Å². The van der Waals surface area contributed by atoms with Crippen LogP contribution in [0.1, 0.15) is 30.0 Å². The SMILES string of the molecule is Fc1cc(CCl)cc(-n2ccc(C3CC3)n2)c1. The van der Waals surface area contributed by atoms with E-state index in [2.05, 4.69) is 5.10 Å². The fourth-order valence-corrected chi connectivity index (χ4v) is 2.08. The van der Waals surface area contributed by atoms with Gasteiger partial charge >= 0.3 is 0 Å². The van der Waals surface area contributed by atoms with E-state index < -0.39 is 0 Å². The van der Waals surface area contributed by atoms with Crippen molar-refractivity contribution in [3.63, 3.8) is 0 Å². The van der Waals surface area contributed by atoms with Gasteiger partial charge in [0, 0.05) is 18.0 Å². The minimum absolute atomic E-state index is 0.276. The summed E-state index contributed by atoms with van der Waals surface area (Å²) in [5.41, 5.74) is 2.60. The number of alkyl halides is 1. The van der Waals surface area contributed by atoms with E-state index in [1.54, 1.807) is 4.68 Å². The minimum atomic E-state index is -0.276. The summed E-state index contributed by atoms with van der Waals surface area (Å²) in [5, 5.41) is 4.47. The lowest BCUT2D eigenvalue weighted by Gasteiger charge is -2.04. The Morgan fingerprint density at radius 1 is 1.35 bits per heavy atom. The zero-order chi connectivity index (χ0) is 11.8. The molecule has 0 saturated heterocycles. The third-order valence-electron chi connectivity index (χ3n) is 2.97. The van der Waals surface area contributed by atoms with Crippen molar-refractivity contribution >= 4 is 11.6 Å². The Balaban J connectivity index is 1.98. The molecule has 1 heterocycles. The summed E-state index contributed by atoms with van der Waals surface area (Å²) in [7, 11) is 0. The Kier molecular flexibility index (Phi) is 2.63. The molecular weight excluding hydrogens is 239 g/mol. The Hall–Kier alpha value is -1.35. The molecule has 0 spiro atoms. The Bertz CT molecular complexity index is 546. The molecule has 3 rings (SSSR count). The maximum absolute atomic E-state index is 13.4. The largest absolute Gasteiger partial charge is 0.241 e. The molecule has 0 amide bonds. The van der Waals surface area contributed by atoms with Gasteiger partial charge in [0.05, 0.1) is 11.4 Å². The summed E-state index contributed by atoms with van der Waals surface area (Å²) in [5.74, 6) is 0.639. The maximum Gasteiger partial charge on any atom is 0.125 e. The van der Waals surface area contributed by atoms with Gasteiger partial charge in [-0.2, -0.15) is 5.10 Å². The molecule has 0 unspecified atom stereocenters. The van der Waals surface area contributed by atoms with Crippen LogP contribution in [-0.2, 0) is 5.88 Å². The molecule has 0 bridgehead atoms. The van der Waals surface area contributed by atoms with Crippen LogP contribution < -0.4 is 0 Å². The number of hydrogen-bond acceptors (Lipinski definition) is 1. The van der Waals surface area contributed by atoms with E-state index in [0.717, 1.165) is 16.9 Å². The second-order valence-electron chi connectivity index (χ2n) is 4.41. The Morgan fingerprint density at radius 3 is 2.88 bits per heavy atom. The van der Waals surface area contributed by atoms with Gasteiger partial charge in [-0.25, -0.2) is 9.07 Å². The molecule has 2 nitrogen and oxygen atoms in total.